The highest BCUT2D eigenvalue weighted by Crippen LogP contribution is 2.26. The number of carbonyl (C=O) groups excluding carboxylic acids is 1. The lowest BCUT2D eigenvalue weighted by atomic mass is 9.97. The molecule has 1 saturated heterocycles. The highest BCUT2D eigenvalue weighted by atomic mass is 16.4. The lowest BCUT2D eigenvalue weighted by molar-refractivity contribution is -0.126. The number of amides is 1. The summed E-state index contributed by atoms with van der Waals surface area (Å²) >= 11 is 0. The number of aromatic nitrogens is 1. The van der Waals surface area contributed by atoms with E-state index >= 15 is 0 Å². The summed E-state index contributed by atoms with van der Waals surface area (Å²) in [5.41, 5.74) is 3.19. The summed E-state index contributed by atoms with van der Waals surface area (Å²) in [5.74, 6) is 1.88. The van der Waals surface area contributed by atoms with Gasteiger partial charge in [0.05, 0.1) is 11.6 Å². The molecular weight excluding hydrogens is 326 g/mol. The molecule has 5 heteroatoms. The Balaban J connectivity index is 1.42. The molecule has 26 heavy (non-hydrogen) atoms. The second-order valence-electron chi connectivity index (χ2n) is 7.75. The van der Waals surface area contributed by atoms with Gasteiger partial charge in [0, 0.05) is 24.7 Å². The van der Waals surface area contributed by atoms with Crippen LogP contribution in [-0.2, 0) is 11.3 Å². The van der Waals surface area contributed by atoms with Crippen molar-refractivity contribution in [2.75, 3.05) is 13.1 Å². The van der Waals surface area contributed by atoms with E-state index < -0.39 is 0 Å². The molecule has 2 aliphatic rings. The van der Waals surface area contributed by atoms with Gasteiger partial charge in [0.15, 0.2) is 0 Å². The number of piperidine rings is 1. The summed E-state index contributed by atoms with van der Waals surface area (Å²) in [6, 6.07) is 8.65. The van der Waals surface area contributed by atoms with Crippen LogP contribution in [-0.4, -0.2) is 34.9 Å². The van der Waals surface area contributed by atoms with E-state index in [4.69, 9.17) is 9.40 Å². The summed E-state index contributed by atoms with van der Waals surface area (Å²) in [6.07, 6.45) is 4.33. The molecule has 4 rings (SSSR count). The van der Waals surface area contributed by atoms with Gasteiger partial charge < -0.3 is 9.73 Å². The predicted octanol–water partition coefficient (Wildman–Crippen LogP) is 3.45. The van der Waals surface area contributed by atoms with Gasteiger partial charge in [-0.3, -0.25) is 9.69 Å². The van der Waals surface area contributed by atoms with Gasteiger partial charge in [-0.15, -0.1) is 0 Å². The van der Waals surface area contributed by atoms with Crippen molar-refractivity contribution >= 4 is 5.91 Å². The molecule has 1 amide bonds. The van der Waals surface area contributed by atoms with E-state index in [9.17, 15) is 4.79 Å². The maximum Gasteiger partial charge on any atom is 0.226 e. The number of nitrogens with one attached hydrogen (secondary N) is 1. The molecule has 0 spiro atoms. The van der Waals surface area contributed by atoms with Crippen LogP contribution in [0.25, 0.3) is 11.5 Å². The summed E-state index contributed by atoms with van der Waals surface area (Å²) in [7, 11) is 0. The largest absolute Gasteiger partial charge is 0.441 e. The molecule has 2 aromatic rings. The van der Waals surface area contributed by atoms with Gasteiger partial charge in [-0.2, -0.15) is 0 Å². The van der Waals surface area contributed by atoms with Gasteiger partial charge in [0.1, 0.15) is 5.76 Å². The number of hydrogen-bond acceptors (Lipinski definition) is 4. The zero-order chi connectivity index (χ0) is 18.1. The molecule has 2 heterocycles. The van der Waals surface area contributed by atoms with E-state index in [1.807, 2.05) is 19.1 Å². The Morgan fingerprint density at radius 1 is 1.31 bits per heavy atom. The van der Waals surface area contributed by atoms with Crippen molar-refractivity contribution in [1.29, 1.82) is 0 Å². The summed E-state index contributed by atoms with van der Waals surface area (Å²) in [5, 5.41) is 3.15. The first-order valence-corrected chi connectivity index (χ1v) is 9.64. The smallest absolute Gasteiger partial charge is 0.226 e. The zero-order valence-electron chi connectivity index (χ0n) is 15.6. The topological polar surface area (TPSA) is 58.4 Å². The van der Waals surface area contributed by atoms with Crippen LogP contribution in [0.2, 0.25) is 0 Å². The van der Waals surface area contributed by atoms with Crippen molar-refractivity contribution in [3.8, 4) is 11.5 Å². The molecule has 1 N–H and O–H groups in total. The number of benzene rings is 1. The first-order valence-electron chi connectivity index (χ1n) is 9.64. The third-order valence-corrected chi connectivity index (χ3v) is 5.33. The molecule has 0 radical (unpaired) electrons. The fourth-order valence-corrected chi connectivity index (χ4v) is 3.65. The SMILES string of the molecule is Cc1cccc(-c2nc(CN3CCCC(C(=O)NC4CC4)C3)c(C)o2)c1. The Morgan fingerprint density at radius 3 is 2.92 bits per heavy atom. The van der Waals surface area contributed by atoms with Crippen molar-refractivity contribution in [1.82, 2.24) is 15.2 Å². The summed E-state index contributed by atoms with van der Waals surface area (Å²) in [4.78, 5) is 19.4. The van der Waals surface area contributed by atoms with Gasteiger partial charge >= 0.3 is 0 Å². The minimum atomic E-state index is 0.104. The molecule has 1 atom stereocenters. The number of aryl methyl sites for hydroxylation is 2. The van der Waals surface area contributed by atoms with Crippen molar-refractivity contribution < 1.29 is 9.21 Å². The normalized spacial score (nSPS) is 20.9. The van der Waals surface area contributed by atoms with Gasteiger partial charge in [0.2, 0.25) is 11.8 Å². The number of nitrogens with zero attached hydrogens (tertiary/aromatic N) is 2. The van der Waals surface area contributed by atoms with Crippen LogP contribution in [0.3, 0.4) is 0 Å². The molecule has 0 bridgehead atoms. The Hall–Kier alpha value is -2.14. The molecular formula is C21H27N3O2. The highest BCUT2D eigenvalue weighted by Gasteiger charge is 2.30. The Morgan fingerprint density at radius 2 is 2.15 bits per heavy atom. The predicted molar refractivity (Wildman–Crippen MR) is 101 cm³/mol. The van der Waals surface area contributed by atoms with Crippen molar-refractivity contribution in [3.05, 3.63) is 41.3 Å². The van der Waals surface area contributed by atoms with Crippen LogP contribution in [0.4, 0.5) is 0 Å². The molecule has 138 valence electrons. The third kappa shape index (κ3) is 3.98. The van der Waals surface area contributed by atoms with Crippen LogP contribution in [0, 0.1) is 19.8 Å². The minimum Gasteiger partial charge on any atom is -0.441 e. The Bertz CT molecular complexity index is 794. The van der Waals surface area contributed by atoms with Gasteiger partial charge in [0.25, 0.3) is 0 Å². The molecule has 1 aliphatic carbocycles. The number of hydrogen-bond donors (Lipinski definition) is 1. The van der Waals surface area contributed by atoms with Crippen LogP contribution in [0.5, 0.6) is 0 Å². The van der Waals surface area contributed by atoms with Crippen LogP contribution in [0.1, 0.15) is 42.7 Å². The Kier molecular flexibility index (Phi) is 4.81. The lowest BCUT2D eigenvalue weighted by Crippen LogP contribution is -2.43. The fraction of sp³-hybridized carbons (Fsp3) is 0.524. The van der Waals surface area contributed by atoms with E-state index in [-0.39, 0.29) is 11.8 Å². The maximum absolute atomic E-state index is 12.4. The van der Waals surface area contributed by atoms with Gasteiger partial charge in [-0.1, -0.05) is 17.7 Å². The molecule has 1 unspecified atom stereocenters. The van der Waals surface area contributed by atoms with Crippen LogP contribution >= 0.6 is 0 Å². The fourth-order valence-electron chi connectivity index (χ4n) is 3.65. The molecule has 5 nitrogen and oxygen atoms in total. The number of rotatable bonds is 5. The standard InChI is InChI=1S/C21H27N3O2/c1-14-5-3-6-16(11-14)21-23-19(15(2)26-21)13-24-10-4-7-17(12-24)20(25)22-18-8-9-18/h3,5-6,11,17-18H,4,7-10,12-13H2,1-2H3,(H,22,25). The lowest BCUT2D eigenvalue weighted by Gasteiger charge is -2.31. The van der Waals surface area contributed by atoms with Crippen molar-refractivity contribution in [2.24, 2.45) is 5.92 Å². The second-order valence-corrected chi connectivity index (χ2v) is 7.75. The average Bonchev–Trinajstić information content (AvgIpc) is 3.37. The second kappa shape index (κ2) is 7.23. The van der Waals surface area contributed by atoms with E-state index in [1.54, 1.807) is 0 Å². The molecule has 1 aromatic heterocycles. The number of likely N-dealkylation sites (tertiary alicyclic amines) is 1. The Labute approximate surface area is 154 Å². The quantitative estimate of drug-likeness (QED) is 0.894. The average molecular weight is 353 g/mol. The maximum atomic E-state index is 12.4. The van der Waals surface area contributed by atoms with Gasteiger partial charge in [-0.05, 0) is 58.2 Å². The first-order chi connectivity index (χ1) is 12.6. The first kappa shape index (κ1) is 17.3. The minimum absolute atomic E-state index is 0.104. The van der Waals surface area contributed by atoms with Crippen molar-refractivity contribution in [2.45, 2.75) is 52.1 Å². The summed E-state index contributed by atoms with van der Waals surface area (Å²) < 4.78 is 5.92. The van der Waals surface area contributed by atoms with Crippen LogP contribution in [0.15, 0.2) is 28.7 Å². The molecule has 1 aliphatic heterocycles. The van der Waals surface area contributed by atoms with Crippen LogP contribution < -0.4 is 5.32 Å². The third-order valence-electron chi connectivity index (χ3n) is 5.33. The van der Waals surface area contributed by atoms with E-state index in [0.717, 1.165) is 62.3 Å². The molecule has 1 aromatic carbocycles. The summed E-state index contributed by atoms with van der Waals surface area (Å²) in [6.45, 7) is 6.61. The van der Waals surface area contributed by atoms with Gasteiger partial charge in [-0.25, -0.2) is 4.98 Å². The molecule has 2 fully saturated rings. The monoisotopic (exact) mass is 353 g/mol. The van der Waals surface area contributed by atoms with E-state index in [0.29, 0.717) is 11.9 Å². The van der Waals surface area contributed by atoms with Crippen molar-refractivity contribution in [3.63, 3.8) is 0 Å². The van der Waals surface area contributed by atoms with E-state index in [1.165, 1.54) is 5.56 Å². The number of carbonyl (C=O) groups is 1. The highest BCUT2D eigenvalue weighted by molar-refractivity contribution is 5.79. The molecule has 1 saturated carbocycles. The number of oxazole rings is 1. The zero-order valence-corrected chi connectivity index (χ0v) is 15.6. The van der Waals surface area contributed by atoms with E-state index in [2.05, 4.69) is 29.3 Å².